The van der Waals surface area contributed by atoms with E-state index in [0.29, 0.717) is 10.3 Å². The molecule has 26 heavy (non-hydrogen) atoms. The van der Waals surface area contributed by atoms with Crippen molar-refractivity contribution in [3.05, 3.63) is 70.2 Å². The second-order valence-electron chi connectivity index (χ2n) is 5.44. The highest BCUT2D eigenvalue weighted by Crippen LogP contribution is 2.34. The van der Waals surface area contributed by atoms with E-state index in [-0.39, 0.29) is 28.3 Å². The zero-order valence-electron chi connectivity index (χ0n) is 13.0. The monoisotopic (exact) mass is 378 g/mol. The quantitative estimate of drug-likeness (QED) is 0.372. The molecule has 0 unspecified atom stereocenters. The van der Waals surface area contributed by atoms with Crippen LogP contribution in [0, 0.1) is 17.1 Å². The van der Waals surface area contributed by atoms with Crippen LogP contribution in [0.25, 0.3) is 15.8 Å². The molecule has 0 bridgehead atoms. The molecular weight excluding hydrogens is 368 g/mol. The number of nitriles is 1. The topological polar surface area (TPSA) is 56.9 Å². The van der Waals surface area contributed by atoms with Gasteiger partial charge in [0.1, 0.15) is 28.2 Å². The first-order valence-electron chi connectivity index (χ1n) is 7.33. The zero-order valence-corrected chi connectivity index (χ0v) is 13.8. The second kappa shape index (κ2) is 6.77. The Kier molecular flexibility index (Phi) is 4.66. The van der Waals surface area contributed by atoms with E-state index in [9.17, 15) is 27.9 Å². The van der Waals surface area contributed by atoms with Crippen molar-refractivity contribution in [3.8, 4) is 6.07 Å². The molecule has 0 fully saturated rings. The number of nitrogens with zero attached hydrogens (tertiary/aromatic N) is 2. The fraction of sp³-hybridized carbons (Fsp3) is 0.111. The first-order chi connectivity index (χ1) is 12.3. The number of aliphatic hydroxyl groups is 1. The lowest BCUT2D eigenvalue weighted by molar-refractivity contribution is -0.137. The van der Waals surface area contributed by atoms with Crippen LogP contribution in [0.4, 0.5) is 17.6 Å². The van der Waals surface area contributed by atoms with Gasteiger partial charge < -0.3 is 5.11 Å². The van der Waals surface area contributed by atoms with E-state index >= 15 is 0 Å². The van der Waals surface area contributed by atoms with E-state index in [1.165, 1.54) is 30.3 Å². The third-order valence-electron chi connectivity index (χ3n) is 3.61. The molecule has 0 spiro atoms. The van der Waals surface area contributed by atoms with Crippen molar-refractivity contribution in [1.82, 2.24) is 4.98 Å². The summed E-state index contributed by atoms with van der Waals surface area (Å²) in [5, 5.41) is 19.7. The van der Waals surface area contributed by atoms with Crippen LogP contribution in [0.5, 0.6) is 0 Å². The van der Waals surface area contributed by atoms with Crippen LogP contribution in [0.15, 0.2) is 48.2 Å². The maximum absolute atomic E-state index is 12.9. The lowest BCUT2D eigenvalue weighted by Crippen LogP contribution is -2.03. The van der Waals surface area contributed by atoms with Gasteiger partial charge in [0, 0.05) is 6.42 Å². The molecule has 0 amide bonds. The largest absolute Gasteiger partial charge is 0.510 e. The molecule has 1 N–H and O–H groups in total. The van der Waals surface area contributed by atoms with E-state index in [1.54, 1.807) is 0 Å². The van der Waals surface area contributed by atoms with Gasteiger partial charge in [-0.05, 0) is 35.9 Å². The predicted octanol–water partition coefficient (Wildman–Crippen LogP) is 5.49. The summed E-state index contributed by atoms with van der Waals surface area (Å²) in [7, 11) is 0. The molecule has 8 heteroatoms. The first-order valence-corrected chi connectivity index (χ1v) is 8.14. The smallest absolute Gasteiger partial charge is 0.416 e. The Morgan fingerprint density at radius 2 is 1.85 bits per heavy atom. The van der Waals surface area contributed by atoms with E-state index in [1.807, 2.05) is 6.07 Å². The third kappa shape index (κ3) is 3.68. The maximum Gasteiger partial charge on any atom is 0.416 e. The van der Waals surface area contributed by atoms with Crippen molar-refractivity contribution in [2.45, 2.75) is 12.6 Å². The van der Waals surface area contributed by atoms with Crippen LogP contribution in [-0.4, -0.2) is 10.1 Å². The summed E-state index contributed by atoms with van der Waals surface area (Å²) in [6.45, 7) is 0. The van der Waals surface area contributed by atoms with E-state index in [4.69, 9.17) is 0 Å². The molecule has 0 aliphatic carbocycles. The molecule has 3 rings (SSSR count). The standard InChI is InChI=1S/C18H10F4N2OS/c19-12-4-1-10(2-5-12)7-15(25)13(9-23)17-24-14-8-11(18(20,21)22)3-6-16(14)26-17/h1-6,8,25H,7H2/b15-13-. The van der Waals surface area contributed by atoms with Gasteiger partial charge in [0.2, 0.25) is 0 Å². The van der Waals surface area contributed by atoms with Crippen LogP contribution in [0.2, 0.25) is 0 Å². The van der Waals surface area contributed by atoms with Gasteiger partial charge in [0.15, 0.2) is 0 Å². The lowest BCUT2D eigenvalue weighted by Gasteiger charge is -2.04. The number of aromatic nitrogens is 1. The van der Waals surface area contributed by atoms with Gasteiger partial charge in [-0.3, -0.25) is 0 Å². The number of thiazole rings is 1. The Hall–Kier alpha value is -2.92. The maximum atomic E-state index is 12.9. The third-order valence-corrected chi connectivity index (χ3v) is 4.67. The summed E-state index contributed by atoms with van der Waals surface area (Å²) < 4.78 is 51.8. The lowest BCUT2D eigenvalue weighted by atomic mass is 10.1. The Balaban J connectivity index is 1.99. The molecule has 0 saturated heterocycles. The molecule has 3 nitrogen and oxygen atoms in total. The van der Waals surface area contributed by atoms with Gasteiger partial charge >= 0.3 is 6.18 Å². The molecule has 132 valence electrons. The van der Waals surface area contributed by atoms with E-state index in [0.717, 1.165) is 23.5 Å². The summed E-state index contributed by atoms with van der Waals surface area (Å²) in [6, 6.07) is 10.4. The van der Waals surface area contributed by atoms with Crippen LogP contribution in [0.1, 0.15) is 16.1 Å². The van der Waals surface area contributed by atoms with Gasteiger partial charge in [-0.15, -0.1) is 11.3 Å². The molecule has 3 aromatic rings. The van der Waals surface area contributed by atoms with Crippen molar-refractivity contribution in [2.24, 2.45) is 0 Å². The Bertz CT molecular complexity index is 1030. The number of fused-ring (bicyclic) bond motifs is 1. The number of hydrogen-bond acceptors (Lipinski definition) is 4. The second-order valence-corrected chi connectivity index (χ2v) is 6.47. The summed E-state index contributed by atoms with van der Waals surface area (Å²) in [5.41, 5.74) is -0.275. The van der Waals surface area contributed by atoms with E-state index in [2.05, 4.69) is 4.98 Å². The summed E-state index contributed by atoms with van der Waals surface area (Å²) in [5.74, 6) is -0.710. The molecule has 1 heterocycles. The van der Waals surface area contributed by atoms with Gasteiger partial charge in [0.05, 0.1) is 15.8 Å². The molecule has 0 radical (unpaired) electrons. The van der Waals surface area contributed by atoms with Crippen LogP contribution in [0.3, 0.4) is 0 Å². The van der Waals surface area contributed by atoms with Gasteiger partial charge in [-0.2, -0.15) is 18.4 Å². The van der Waals surface area contributed by atoms with Crippen molar-refractivity contribution in [3.63, 3.8) is 0 Å². The molecule has 2 aromatic carbocycles. The average Bonchev–Trinajstić information content (AvgIpc) is 2.99. The normalized spacial score (nSPS) is 12.7. The fourth-order valence-electron chi connectivity index (χ4n) is 2.33. The predicted molar refractivity (Wildman–Crippen MR) is 89.9 cm³/mol. The summed E-state index contributed by atoms with van der Waals surface area (Å²) in [6.07, 6.45) is -4.51. The highest BCUT2D eigenvalue weighted by Gasteiger charge is 2.31. The van der Waals surface area contributed by atoms with E-state index < -0.39 is 17.6 Å². The first kappa shape index (κ1) is 17.9. The molecular formula is C18H10F4N2OS. The Morgan fingerprint density at radius 3 is 2.46 bits per heavy atom. The number of aliphatic hydroxyl groups excluding tert-OH is 1. The number of halogens is 4. The van der Waals surface area contributed by atoms with Crippen molar-refractivity contribution >= 4 is 27.1 Å². The van der Waals surface area contributed by atoms with Crippen LogP contribution < -0.4 is 0 Å². The summed E-state index contributed by atoms with van der Waals surface area (Å²) in [4.78, 5) is 4.05. The average molecular weight is 378 g/mol. The van der Waals surface area contributed by atoms with Crippen molar-refractivity contribution < 1.29 is 22.7 Å². The Labute approximate surface area is 149 Å². The number of benzene rings is 2. The van der Waals surface area contributed by atoms with Crippen LogP contribution >= 0.6 is 11.3 Å². The molecule has 0 saturated carbocycles. The van der Waals surface area contributed by atoms with Crippen molar-refractivity contribution in [1.29, 1.82) is 5.26 Å². The molecule has 0 aliphatic heterocycles. The zero-order chi connectivity index (χ0) is 18.9. The van der Waals surface area contributed by atoms with Crippen LogP contribution in [-0.2, 0) is 12.6 Å². The summed E-state index contributed by atoms with van der Waals surface area (Å²) >= 11 is 1.01. The number of allylic oxidation sites excluding steroid dienone is 2. The highest BCUT2D eigenvalue weighted by molar-refractivity contribution is 7.19. The minimum Gasteiger partial charge on any atom is -0.510 e. The van der Waals surface area contributed by atoms with Gasteiger partial charge in [0.25, 0.3) is 0 Å². The van der Waals surface area contributed by atoms with Gasteiger partial charge in [-0.1, -0.05) is 12.1 Å². The highest BCUT2D eigenvalue weighted by atomic mass is 32.1. The molecule has 1 aromatic heterocycles. The number of alkyl halides is 3. The minimum atomic E-state index is -4.49. The molecule has 0 atom stereocenters. The van der Waals surface area contributed by atoms with Crippen molar-refractivity contribution in [2.75, 3.05) is 0 Å². The SMILES string of the molecule is N#C/C(=C(/O)Cc1ccc(F)cc1)c1nc2cc(C(F)(F)F)ccc2s1. The fourth-order valence-corrected chi connectivity index (χ4v) is 3.29. The van der Waals surface area contributed by atoms with Gasteiger partial charge in [-0.25, -0.2) is 9.37 Å². The number of rotatable bonds is 3. The molecule has 0 aliphatic rings. The Morgan fingerprint density at radius 1 is 1.15 bits per heavy atom. The number of hydrogen-bond donors (Lipinski definition) is 1. The minimum absolute atomic E-state index is 0.0209.